The van der Waals surface area contributed by atoms with Crippen LogP contribution < -0.4 is 15.0 Å². The lowest BCUT2D eigenvalue weighted by atomic mass is 9.96. The SMILES string of the molecule is Cc1cccc(C)c1OCCNC(=O)C1CCN(c2ccc(Cl)cn2)CC1. The van der Waals surface area contributed by atoms with Crippen molar-refractivity contribution in [3.8, 4) is 5.75 Å². The molecule has 1 saturated heterocycles. The average molecular weight is 388 g/mol. The van der Waals surface area contributed by atoms with Gasteiger partial charge in [-0.1, -0.05) is 29.8 Å². The Morgan fingerprint density at radius 2 is 1.93 bits per heavy atom. The van der Waals surface area contributed by atoms with E-state index in [1.165, 1.54) is 0 Å². The molecule has 144 valence electrons. The minimum absolute atomic E-state index is 0.0498. The number of piperidine rings is 1. The third kappa shape index (κ3) is 5.13. The van der Waals surface area contributed by atoms with Gasteiger partial charge in [-0.25, -0.2) is 4.98 Å². The Labute approximate surface area is 165 Å². The molecule has 6 heteroatoms. The highest BCUT2D eigenvalue weighted by Crippen LogP contribution is 2.23. The zero-order valence-corrected chi connectivity index (χ0v) is 16.6. The van der Waals surface area contributed by atoms with Crippen molar-refractivity contribution in [1.29, 1.82) is 0 Å². The molecule has 0 unspecified atom stereocenters. The number of anilines is 1. The van der Waals surface area contributed by atoms with Crippen molar-refractivity contribution in [2.24, 2.45) is 5.92 Å². The predicted molar refractivity (Wildman–Crippen MR) is 109 cm³/mol. The van der Waals surface area contributed by atoms with Gasteiger partial charge in [0.2, 0.25) is 5.91 Å². The van der Waals surface area contributed by atoms with Gasteiger partial charge in [-0.15, -0.1) is 0 Å². The van der Waals surface area contributed by atoms with Gasteiger partial charge in [0.05, 0.1) is 11.6 Å². The third-order valence-corrected chi connectivity index (χ3v) is 5.18. The second-order valence-electron chi connectivity index (χ2n) is 6.96. The molecule has 1 N–H and O–H groups in total. The van der Waals surface area contributed by atoms with Crippen LogP contribution in [0.1, 0.15) is 24.0 Å². The summed E-state index contributed by atoms with van der Waals surface area (Å²) in [4.78, 5) is 19.0. The maximum Gasteiger partial charge on any atom is 0.223 e. The van der Waals surface area contributed by atoms with Crippen LogP contribution in [0.25, 0.3) is 0 Å². The van der Waals surface area contributed by atoms with Crippen LogP contribution in [0.4, 0.5) is 5.82 Å². The van der Waals surface area contributed by atoms with Crippen molar-refractivity contribution in [3.63, 3.8) is 0 Å². The Morgan fingerprint density at radius 3 is 2.56 bits per heavy atom. The van der Waals surface area contributed by atoms with Gasteiger partial charge in [0, 0.05) is 25.2 Å². The number of nitrogens with zero attached hydrogens (tertiary/aromatic N) is 2. The molecule has 3 rings (SSSR count). The van der Waals surface area contributed by atoms with Gasteiger partial charge in [0.25, 0.3) is 0 Å². The van der Waals surface area contributed by atoms with Crippen LogP contribution in [0.3, 0.4) is 0 Å². The Balaban J connectivity index is 1.40. The molecule has 2 aromatic rings. The predicted octanol–water partition coefficient (Wildman–Crippen LogP) is 3.76. The molecule has 1 amide bonds. The molecule has 27 heavy (non-hydrogen) atoms. The van der Waals surface area contributed by atoms with Crippen molar-refractivity contribution in [2.75, 3.05) is 31.1 Å². The number of benzene rings is 1. The van der Waals surface area contributed by atoms with Gasteiger partial charge in [-0.3, -0.25) is 4.79 Å². The minimum Gasteiger partial charge on any atom is -0.491 e. The van der Waals surface area contributed by atoms with Gasteiger partial charge in [0.1, 0.15) is 18.2 Å². The number of halogens is 1. The minimum atomic E-state index is 0.0498. The number of amides is 1. The van der Waals surface area contributed by atoms with Crippen molar-refractivity contribution >= 4 is 23.3 Å². The van der Waals surface area contributed by atoms with Gasteiger partial charge in [-0.05, 0) is 49.9 Å². The zero-order chi connectivity index (χ0) is 19.2. The molecule has 1 aromatic heterocycles. The topological polar surface area (TPSA) is 54.5 Å². The third-order valence-electron chi connectivity index (χ3n) is 4.96. The Hall–Kier alpha value is -2.27. The molecule has 0 aliphatic carbocycles. The van der Waals surface area contributed by atoms with Crippen LogP contribution in [0.15, 0.2) is 36.5 Å². The smallest absolute Gasteiger partial charge is 0.223 e. The zero-order valence-electron chi connectivity index (χ0n) is 15.9. The van der Waals surface area contributed by atoms with E-state index in [0.29, 0.717) is 18.2 Å². The lowest BCUT2D eigenvalue weighted by Crippen LogP contribution is -2.41. The number of hydrogen-bond donors (Lipinski definition) is 1. The standard InChI is InChI=1S/C21H26ClN3O2/c1-15-4-3-5-16(2)20(15)27-13-10-23-21(26)17-8-11-25(12-9-17)19-7-6-18(22)14-24-19/h3-7,14,17H,8-13H2,1-2H3,(H,23,26). The van der Waals surface area contributed by atoms with E-state index in [9.17, 15) is 4.79 Å². The highest BCUT2D eigenvalue weighted by molar-refractivity contribution is 6.30. The second-order valence-corrected chi connectivity index (χ2v) is 7.39. The van der Waals surface area contributed by atoms with Crippen molar-refractivity contribution < 1.29 is 9.53 Å². The molecule has 1 aromatic carbocycles. The lowest BCUT2D eigenvalue weighted by Gasteiger charge is -2.32. The molecule has 0 bridgehead atoms. The number of ether oxygens (including phenoxy) is 1. The summed E-state index contributed by atoms with van der Waals surface area (Å²) in [6, 6.07) is 9.85. The lowest BCUT2D eigenvalue weighted by molar-refractivity contribution is -0.125. The summed E-state index contributed by atoms with van der Waals surface area (Å²) in [6.07, 6.45) is 3.31. The Bertz CT molecular complexity index is 751. The summed E-state index contributed by atoms with van der Waals surface area (Å²) in [6.45, 7) is 6.71. The highest BCUT2D eigenvalue weighted by Gasteiger charge is 2.25. The van der Waals surface area contributed by atoms with Crippen LogP contribution >= 0.6 is 11.6 Å². The molecule has 1 aliphatic rings. The van der Waals surface area contributed by atoms with Gasteiger partial charge in [0.15, 0.2) is 0 Å². The first kappa shape index (κ1) is 19.5. The number of hydrogen-bond acceptors (Lipinski definition) is 4. The van der Waals surface area contributed by atoms with Gasteiger partial charge >= 0.3 is 0 Å². The summed E-state index contributed by atoms with van der Waals surface area (Å²) in [5, 5.41) is 3.64. The van der Waals surface area contributed by atoms with E-state index in [1.54, 1.807) is 6.20 Å². The molecular formula is C21H26ClN3O2. The van der Waals surface area contributed by atoms with E-state index in [-0.39, 0.29) is 11.8 Å². The fourth-order valence-corrected chi connectivity index (χ4v) is 3.54. The van der Waals surface area contributed by atoms with E-state index < -0.39 is 0 Å². The molecular weight excluding hydrogens is 362 g/mol. The van der Waals surface area contributed by atoms with E-state index in [1.807, 2.05) is 44.2 Å². The van der Waals surface area contributed by atoms with Crippen LogP contribution in [0.2, 0.25) is 5.02 Å². The summed E-state index contributed by atoms with van der Waals surface area (Å²) >= 11 is 5.89. The maximum atomic E-state index is 12.4. The van der Waals surface area contributed by atoms with E-state index in [4.69, 9.17) is 16.3 Å². The first-order valence-electron chi connectivity index (χ1n) is 9.38. The largest absolute Gasteiger partial charge is 0.491 e. The number of aryl methyl sites for hydroxylation is 2. The number of aromatic nitrogens is 1. The van der Waals surface area contributed by atoms with E-state index in [0.717, 1.165) is 48.6 Å². The number of pyridine rings is 1. The fraction of sp³-hybridized carbons (Fsp3) is 0.429. The second kappa shape index (κ2) is 9.09. The molecule has 1 aliphatic heterocycles. The number of carbonyl (C=O) groups is 1. The molecule has 1 fully saturated rings. The van der Waals surface area contributed by atoms with E-state index >= 15 is 0 Å². The molecule has 0 saturated carbocycles. The summed E-state index contributed by atoms with van der Waals surface area (Å²) in [5.74, 6) is 1.99. The van der Waals surface area contributed by atoms with Crippen LogP contribution in [0.5, 0.6) is 5.75 Å². The first-order valence-corrected chi connectivity index (χ1v) is 9.75. The number of para-hydroxylation sites is 1. The molecule has 2 heterocycles. The summed E-state index contributed by atoms with van der Waals surface area (Å²) < 4.78 is 5.85. The Morgan fingerprint density at radius 1 is 1.22 bits per heavy atom. The first-order chi connectivity index (χ1) is 13.0. The fourth-order valence-electron chi connectivity index (χ4n) is 3.42. The monoisotopic (exact) mass is 387 g/mol. The molecule has 5 nitrogen and oxygen atoms in total. The quantitative estimate of drug-likeness (QED) is 0.767. The van der Waals surface area contributed by atoms with Gasteiger partial charge in [-0.2, -0.15) is 0 Å². The van der Waals surface area contributed by atoms with Crippen LogP contribution in [-0.4, -0.2) is 37.1 Å². The summed E-state index contributed by atoms with van der Waals surface area (Å²) in [5.41, 5.74) is 2.23. The van der Waals surface area contributed by atoms with Crippen LogP contribution in [0, 0.1) is 19.8 Å². The molecule has 0 radical (unpaired) electrons. The number of rotatable bonds is 6. The van der Waals surface area contributed by atoms with Gasteiger partial charge < -0.3 is 15.0 Å². The van der Waals surface area contributed by atoms with E-state index in [2.05, 4.69) is 15.2 Å². The molecule has 0 atom stereocenters. The Kier molecular flexibility index (Phi) is 6.56. The number of carbonyl (C=O) groups excluding carboxylic acids is 1. The molecule has 0 spiro atoms. The van der Waals surface area contributed by atoms with Crippen LogP contribution in [-0.2, 0) is 4.79 Å². The normalized spacial score (nSPS) is 14.9. The van der Waals surface area contributed by atoms with Crippen molar-refractivity contribution in [1.82, 2.24) is 10.3 Å². The average Bonchev–Trinajstić information content (AvgIpc) is 2.67. The highest BCUT2D eigenvalue weighted by atomic mass is 35.5. The van der Waals surface area contributed by atoms with Crippen molar-refractivity contribution in [2.45, 2.75) is 26.7 Å². The maximum absolute atomic E-state index is 12.4. The number of nitrogens with one attached hydrogen (secondary N) is 1. The summed E-state index contributed by atoms with van der Waals surface area (Å²) in [7, 11) is 0. The van der Waals surface area contributed by atoms with Crippen molar-refractivity contribution in [3.05, 3.63) is 52.7 Å².